The summed E-state index contributed by atoms with van der Waals surface area (Å²) < 4.78 is 0. The Morgan fingerprint density at radius 3 is 2.77 bits per heavy atom. The van der Waals surface area contributed by atoms with Crippen LogP contribution in [0.5, 0.6) is 0 Å². The molecule has 1 aromatic heterocycles. The first-order valence-electron chi connectivity index (χ1n) is 9.70. The van der Waals surface area contributed by atoms with Gasteiger partial charge in [-0.1, -0.05) is 59.6 Å². The summed E-state index contributed by atoms with van der Waals surface area (Å²) >= 11 is 12.4. The smallest absolute Gasteiger partial charge is 0.251 e. The maximum Gasteiger partial charge on any atom is 0.251 e. The molecular formula is C24H17Cl2N3O. The maximum absolute atomic E-state index is 12.8. The summed E-state index contributed by atoms with van der Waals surface area (Å²) in [6, 6.07) is 19.1. The number of carbonyl (C=O) groups is 1. The summed E-state index contributed by atoms with van der Waals surface area (Å²) in [7, 11) is 0. The molecule has 5 rings (SSSR count). The van der Waals surface area contributed by atoms with Crippen molar-refractivity contribution in [3.05, 3.63) is 93.6 Å². The molecule has 1 aliphatic carbocycles. The number of aromatic nitrogens is 2. The van der Waals surface area contributed by atoms with Crippen LogP contribution in [0, 0.1) is 0 Å². The van der Waals surface area contributed by atoms with Gasteiger partial charge in [-0.15, -0.1) is 0 Å². The number of amides is 1. The number of aryl methyl sites for hydroxylation is 1. The Kier molecular flexibility index (Phi) is 4.89. The molecule has 30 heavy (non-hydrogen) atoms. The van der Waals surface area contributed by atoms with E-state index in [0.29, 0.717) is 32.3 Å². The first-order chi connectivity index (χ1) is 14.6. The number of nitrogens with zero attached hydrogens (tertiary/aromatic N) is 2. The molecular weight excluding hydrogens is 417 g/mol. The molecule has 0 radical (unpaired) electrons. The van der Waals surface area contributed by atoms with Gasteiger partial charge in [-0.05, 0) is 48.2 Å². The average Bonchev–Trinajstić information content (AvgIpc) is 3.18. The minimum atomic E-state index is -0.109. The van der Waals surface area contributed by atoms with Crippen molar-refractivity contribution in [1.29, 1.82) is 0 Å². The lowest BCUT2D eigenvalue weighted by Crippen LogP contribution is -2.27. The van der Waals surface area contributed by atoms with Crippen molar-refractivity contribution in [3.8, 4) is 11.3 Å². The Morgan fingerprint density at radius 1 is 1.00 bits per heavy atom. The number of benzene rings is 3. The van der Waals surface area contributed by atoms with E-state index in [1.807, 2.05) is 30.3 Å². The van der Waals surface area contributed by atoms with E-state index in [1.54, 1.807) is 24.4 Å². The van der Waals surface area contributed by atoms with E-state index in [-0.39, 0.29) is 11.9 Å². The predicted molar refractivity (Wildman–Crippen MR) is 120 cm³/mol. The number of hydrogen-bond acceptors (Lipinski definition) is 3. The van der Waals surface area contributed by atoms with Gasteiger partial charge in [-0.25, -0.2) is 4.98 Å². The van der Waals surface area contributed by atoms with Gasteiger partial charge < -0.3 is 5.32 Å². The highest BCUT2D eigenvalue weighted by molar-refractivity contribution is 6.43. The molecule has 1 atom stereocenters. The SMILES string of the molecule is O=C(NC1CCc2ccccc21)c1ccc2nc(-c3cccc(Cl)c3Cl)cnc2c1. The Balaban J connectivity index is 1.42. The molecule has 4 aromatic rings. The van der Waals surface area contributed by atoms with Crippen LogP contribution in [0.1, 0.15) is 33.9 Å². The Morgan fingerprint density at radius 2 is 1.87 bits per heavy atom. The lowest BCUT2D eigenvalue weighted by Gasteiger charge is -2.14. The Hall–Kier alpha value is -2.95. The van der Waals surface area contributed by atoms with Gasteiger partial charge >= 0.3 is 0 Å². The van der Waals surface area contributed by atoms with Crippen LogP contribution in [0.2, 0.25) is 10.0 Å². The highest BCUT2D eigenvalue weighted by atomic mass is 35.5. The summed E-state index contributed by atoms with van der Waals surface area (Å²) in [5.74, 6) is -0.109. The van der Waals surface area contributed by atoms with Gasteiger partial charge in [0.1, 0.15) is 0 Å². The molecule has 0 fully saturated rings. The standard InChI is InChI=1S/C24H17Cl2N3O/c25-18-7-3-6-17(23(18)26)22-13-27-21-12-15(9-11-20(21)28-22)24(30)29-19-10-8-14-4-1-2-5-16(14)19/h1-7,9,11-13,19H,8,10H2,(H,29,30). The topological polar surface area (TPSA) is 54.9 Å². The van der Waals surface area contributed by atoms with Crippen molar-refractivity contribution in [1.82, 2.24) is 15.3 Å². The third kappa shape index (κ3) is 3.42. The molecule has 4 nitrogen and oxygen atoms in total. The van der Waals surface area contributed by atoms with Crippen LogP contribution in [0.15, 0.2) is 66.9 Å². The molecule has 1 amide bonds. The van der Waals surface area contributed by atoms with Crippen LogP contribution in [0.3, 0.4) is 0 Å². The summed E-state index contributed by atoms with van der Waals surface area (Å²) in [5.41, 5.74) is 5.77. The molecule has 148 valence electrons. The zero-order valence-corrected chi connectivity index (χ0v) is 17.4. The second-order valence-corrected chi connectivity index (χ2v) is 8.11. The fraction of sp³-hybridized carbons (Fsp3) is 0.125. The molecule has 0 saturated heterocycles. The van der Waals surface area contributed by atoms with Gasteiger partial charge in [0, 0.05) is 11.1 Å². The van der Waals surface area contributed by atoms with Crippen molar-refractivity contribution in [3.63, 3.8) is 0 Å². The zero-order chi connectivity index (χ0) is 20.7. The van der Waals surface area contributed by atoms with Crippen LogP contribution in [0.4, 0.5) is 0 Å². The highest BCUT2D eigenvalue weighted by Crippen LogP contribution is 2.33. The summed E-state index contributed by atoms with van der Waals surface area (Å²) in [6.07, 6.45) is 3.55. The van der Waals surface area contributed by atoms with E-state index < -0.39 is 0 Å². The van der Waals surface area contributed by atoms with E-state index in [9.17, 15) is 4.79 Å². The maximum atomic E-state index is 12.8. The van der Waals surface area contributed by atoms with E-state index >= 15 is 0 Å². The monoisotopic (exact) mass is 433 g/mol. The molecule has 0 spiro atoms. The van der Waals surface area contributed by atoms with Gasteiger partial charge in [-0.3, -0.25) is 9.78 Å². The molecule has 3 aromatic carbocycles. The number of rotatable bonds is 3. The molecule has 1 unspecified atom stereocenters. The highest BCUT2D eigenvalue weighted by Gasteiger charge is 2.24. The summed E-state index contributed by atoms with van der Waals surface area (Å²) in [6.45, 7) is 0. The lowest BCUT2D eigenvalue weighted by molar-refractivity contribution is 0.0937. The first-order valence-corrected chi connectivity index (χ1v) is 10.5. The lowest BCUT2D eigenvalue weighted by atomic mass is 10.1. The zero-order valence-electron chi connectivity index (χ0n) is 15.9. The third-order valence-electron chi connectivity index (χ3n) is 5.47. The first kappa shape index (κ1) is 19.0. The molecule has 0 aliphatic heterocycles. The van der Waals surface area contributed by atoms with Crippen LogP contribution >= 0.6 is 23.2 Å². The van der Waals surface area contributed by atoms with Crippen LogP contribution < -0.4 is 5.32 Å². The van der Waals surface area contributed by atoms with Gasteiger partial charge in [-0.2, -0.15) is 0 Å². The van der Waals surface area contributed by atoms with Gasteiger partial charge in [0.25, 0.3) is 5.91 Å². The van der Waals surface area contributed by atoms with Gasteiger partial charge in [0.15, 0.2) is 0 Å². The fourth-order valence-electron chi connectivity index (χ4n) is 3.93. The van der Waals surface area contributed by atoms with Crippen molar-refractivity contribution >= 4 is 40.1 Å². The largest absolute Gasteiger partial charge is 0.345 e. The molecule has 1 heterocycles. The van der Waals surface area contributed by atoms with Crippen molar-refractivity contribution in [2.24, 2.45) is 0 Å². The fourth-order valence-corrected chi connectivity index (χ4v) is 4.33. The van der Waals surface area contributed by atoms with E-state index in [0.717, 1.165) is 18.4 Å². The molecule has 1 N–H and O–H groups in total. The quantitative estimate of drug-likeness (QED) is 0.429. The molecule has 0 bridgehead atoms. The Labute approximate surface area is 183 Å². The van der Waals surface area contributed by atoms with Crippen LogP contribution in [-0.4, -0.2) is 15.9 Å². The van der Waals surface area contributed by atoms with E-state index in [4.69, 9.17) is 23.2 Å². The molecule has 6 heteroatoms. The van der Waals surface area contributed by atoms with Gasteiger partial charge in [0.2, 0.25) is 0 Å². The molecule has 0 saturated carbocycles. The Bertz CT molecular complexity index is 1290. The summed E-state index contributed by atoms with van der Waals surface area (Å²) in [5, 5.41) is 4.06. The number of halogens is 2. The second-order valence-electron chi connectivity index (χ2n) is 7.32. The van der Waals surface area contributed by atoms with E-state index in [1.165, 1.54) is 11.1 Å². The minimum Gasteiger partial charge on any atom is -0.345 e. The number of carbonyl (C=O) groups excluding carboxylic acids is 1. The van der Waals surface area contributed by atoms with Crippen LogP contribution in [0.25, 0.3) is 22.3 Å². The van der Waals surface area contributed by atoms with E-state index in [2.05, 4.69) is 27.4 Å². The number of fused-ring (bicyclic) bond motifs is 2. The normalized spacial score (nSPS) is 15.2. The van der Waals surface area contributed by atoms with Gasteiger partial charge in [0.05, 0.1) is 39.0 Å². The molecule has 1 aliphatic rings. The summed E-state index contributed by atoms with van der Waals surface area (Å²) in [4.78, 5) is 22.0. The van der Waals surface area contributed by atoms with Crippen molar-refractivity contribution < 1.29 is 4.79 Å². The van der Waals surface area contributed by atoms with Crippen molar-refractivity contribution in [2.45, 2.75) is 18.9 Å². The number of hydrogen-bond donors (Lipinski definition) is 1. The third-order valence-corrected chi connectivity index (χ3v) is 6.29. The second kappa shape index (κ2) is 7.71. The number of nitrogens with one attached hydrogen (secondary N) is 1. The van der Waals surface area contributed by atoms with Crippen molar-refractivity contribution in [2.75, 3.05) is 0 Å². The minimum absolute atomic E-state index is 0.0443. The predicted octanol–water partition coefficient (Wildman–Crippen LogP) is 6.02. The van der Waals surface area contributed by atoms with Crippen LogP contribution in [-0.2, 0) is 6.42 Å². The average molecular weight is 434 g/mol.